The minimum absolute atomic E-state index is 0.947. The Morgan fingerprint density at radius 1 is 0.950 bits per heavy atom. The molecule has 106 valence electrons. The molecule has 2 aromatic carbocycles. The van der Waals surface area contributed by atoms with E-state index >= 15 is 0 Å². The van der Waals surface area contributed by atoms with Crippen molar-refractivity contribution in [3.8, 4) is 0 Å². The van der Waals surface area contributed by atoms with E-state index in [2.05, 4.69) is 72.7 Å². The van der Waals surface area contributed by atoms with Crippen LogP contribution in [-0.4, -0.2) is 20.6 Å². The second kappa shape index (κ2) is 7.11. The van der Waals surface area contributed by atoms with E-state index in [0.29, 0.717) is 0 Å². The Bertz CT molecular complexity index is 531. The van der Waals surface area contributed by atoms with Crippen LogP contribution >= 0.6 is 0 Å². The van der Waals surface area contributed by atoms with Gasteiger partial charge in [-0.15, -0.1) is 0 Å². The summed E-state index contributed by atoms with van der Waals surface area (Å²) in [5, 5.41) is 3.22. The predicted octanol–water partition coefficient (Wildman–Crippen LogP) is 3.39. The van der Waals surface area contributed by atoms with Gasteiger partial charge in [-0.2, -0.15) is 0 Å². The maximum absolute atomic E-state index is 3.22. The predicted molar refractivity (Wildman–Crippen MR) is 87.4 cm³/mol. The van der Waals surface area contributed by atoms with Crippen LogP contribution in [0.2, 0.25) is 0 Å². The van der Waals surface area contributed by atoms with Gasteiger partial charge in [-0.25, -0.2) is 0 Å². The van der Waals surface area contributed by atoms with E-state index in [1.807, 2.05) is 7.05 Å². The number of likely N-dealkylation sites (N-methyl/N-ethyl adjacent to an activating group) is 1. The van der Waals surface area contributed by atoms with Gasteiger partial charge in [-0.1, -0.05) is 42.0 Å². The molecule has 0 heterocycles. The molecule has 0 unspecified atom stereocenters. The van der Waals surface area contributed by atoms with Crippen molar-refractivity contribution < 1.29 is 0 Å². The molecule has 2 nitrogen and oxygen atoms in total. The van der Waals surface area contributed by atoms with Gasteiger partial charge in [0, 0.05) is 19.3 Å². The second-order valence-electron chi connectivity index (χ2n) is 5.31. The lowest BCUT2D eigenvalue weighted by Gasteiger charge is -2.21. The smallest absolute Gasteiger partial charge is 0.0428 e. The summed E-state index contributed by atoms with van der Waals surface area (Å²) >= 11 is 0. The fourth-order valence-corrected chi connectivity index (χ4v) is 2.36. The molecule has 2 aromatic rings. The molecule has 0 atom stereocenters. The Morgan fingerprint density at radius 3 is 2.25 bits per heavy atom. The van der Waals surface area contributed by atoms with E-state index in [0.717, 1.165) is 19.5 Å². The largest absolute Gasteiger partial charge is 0.370 e. The Morgan fingerprint density at radius 2 is 1.60 bits per heavy atom. The summed E-state index contributed by atoms with van der Waals surface area (Å²) < 4.78 is 0. The molecule has 0 amide bonds. The third-order valence-electron chi connectivity index (χ3n) is 3.64. The first-order valence-corrected chi connectivity index (χ1v) is 7.20. The molecule has 2 heteroatoms. The molecule has 0 saturated heterocycles. The number of nitrogens with one attached hydrogen (secondary N) is 1. The van der Waals surface area contributed by atoms with Gasteiger partial charge in [-0.05, 0) is 50.2 Å². The first-order chi connectivity index (χ1) is 9.70. The van der Waals surface area contributed by atoms with Crippen LogP contribution in [0.3, 0.4) is 0 Å². The van der Waals surface area contributed by atoms with Gasteiger partial charge in [0.1, 0.15) is 0 Å². The standard InChI is InChI=1S/C18H24N2/c1-15-8-10-18(11-9-15)20(3)14-17-7-5-4-6-16(17)12-13-19-2/h4-11,19H,12-14H2,1-3H3. The lowest BCUT2D eigenvalue weighted by atomic mass is 10.0. The van der Waals surface area contributed by atoms with E-state index in [4.69, 9.17) is 0 Å². The summed E-state index contributed by atoms with van der Waals surface area (Å²) in [4.78, 5) is 2.30. The van der Waals surface area contributed by atoms with Gasteiger partial charge < -0.3 is 10.2 Å². The Hall–Kier alpha value is -1.80. The molecule has 0 bridgehead atoms. The number of hydrogen-bond acceptors (Lipinski definition) is 2. The van der Waals surface area contributed by atoms with Crippen molar-refractivity contribution in [2.75, 3.05) is 25.5 Å². The number of hydrogen-bond donors (Lipinski definition) is 1. The first-order valence-electron chi connectivity index (χ1n) is 7.20. The van der Waals surface area contributed by atoms with Crippen LogP contribution in [0.1, 0.15) is 16.7 Å². The minimum atomic E-state index is 0.947. The molecule has 2 rings (SSSR count). The number of benzene rings is 2. The second-order valence-corrected chi connectivity index (χ2v) is 5.31. The Kier molecular flexibility index (Phi) is 5.19. The summed E-state index contributed by atoms with van der Waals surface area (Å²) in [6, 6.07) is 17.4. The number of rotatable bonds is 6. The van der Waals surface area contributed by atoms with Crippen LogP contribution in [-0.2, 0) is 13.0 Å². The average Bonchev–Trinajstić information content (AvgIpc) is 2.47. The van der Waals surface area contributed by atoms with Gasteiger partial charge in [0.25, 0.3) is 0 Å². The molecule has 0 saturated carbocycles. The molecule has 20 heavy (non-hydrogen) atoms. The molecule has 0 aliphatic rings. The number of anilines is 1. The van der Waals surface area contributed by atoms with Crippen molar-refractivity contribution in [1.82, 2.24) is 5.32 Å². The summed E-state index contributed by atoms with van der Waals surface area (Å²) in [5.41, 5.74) is 5.40. The van der Waals surface area contributed by atoms with Gasteiger partial charge in [0.05, 0.1) is 0 Å². The highest BCUT2D eigenvalue weighted by Crippen LogP contribution is 2.18. The average molecular weight is 268 g/mol. The quantitative estimate of drug-likeness (QED) is 0.864. The minimum Gasteiger partial charge on any atom is -0.370 e. The monoisotopic (exact) mass is 268 g/mol. The molecule has 0 radical (unpaired) electrons. The van der Waals surface area contributed by atoms with Crippen LogP contribution in [0.15, 0.2) is 48.5 Å². The fraction of sp³-hybridized carbons (Fsp3) is 0.333. The van der Waals surface area contributed by atoms with Crippen molar-refractivity contribution in [2.24, 2.45) is 0 Å². The molecule has 0 aromatic heterocycles. The lowest BCUT2D eigenvalue weighted by molar-refractivity contribution is 0.780. The van der Waals surface area contributed by atoms with Crippen LogP contribution < -0.4 is 10.2 Å². The van der Waals surface area contributed by atoms with E-state index < -0.39 is 0 Å². The van der Waals surface area contributed by atoms with Gasteiger partial charge in [0.15, 0.2) is 0 Å². The van der Waals surface area contributed by atoms with Crippen molar-refractivity contribution in [3.05, 3.63) is 65.2 Å². The first kappa shape index (κ1) is 14.6. The molecular formula is C18H24N2. The van der Waals surface area contributed by atoms with E-state index in [1.54, 1.807) is 0 Å². The zero-order valence-electron chi connectivity index (χ0n) is 12.7. The third-order valence-corrected chi connectivity index (χ3v) is 3.64. The Balaban J connectivity index is 2.10. The highest BCUT2D eigenvalue weighted by atomic mass is 15.1. The van der Waals surface area contributed by atoms with Crippen molar-refractivity contribution in [1.29, 1.82) is 0 Å². The zero-order valence-corrected chi connectivity index (χ0v) is 12.7. The summed E-state index contributed by atoms with van der Waals surface area (Å²) in [6.45, 7) is 4.09. The van der Waals surface area contributed by atoms with Gasteiger partial charge >= 0.3 is 0 Å². The molecule has 0 fully saturated rings. The van der Waals surface area contributed by atoms with E-state index in [-0.39, 0.29) is 0 Å². The molecular weight excluding hydrogens is 244 g/mol. The fourth-order valence-electron chi connectivity index (χ4n) is 2.36. The zero-order chi connectivity index (χ0) is 14.4. The topological polar surface area (TPSA) is 15.3 Å². The normalized spacial score (nSPS) is 10.6. The maximum atomic E-state index is 3.22. The third kappa shape index (κ3) is 3.84. The molecule has 1 N–H and O–H groups in total. The van der Waals surface area contributed by atoms with Gasteiger partial charge in [-0.3, -0.25) is 0 Å². The Labute approximate surface area is 122 Å². The number of nitrogens with zero attached hydrogens (tertiary/aromatic N) is 1. The lowest BCUT2D eigenvalue weighted by Crippen LogP contribution is -2.18. The highest BCUT2D eigenvalue weighted by Gasteiger charge is 2.06. The summed E-state index contributed by atoms with van der Waals surface area (Å²) in [5.74, 6) is 0. The molecule has 0 aliphatic heterocycles. The number of aryl methyl sites for hydroxylation is 1. The van der Waals surface area contributed by atoms with E-state index in [9.17, 15) is 0 Å². The van der Waals surface area contributed by atoms with Crippen molar-refractivity contribution >= 4 is 5.69 Å². The van der Waals surface area contributed by atoms with Crippen molar-refractivity contribution in [3.63, 3.8) is 0 Å². The molecule has 0 aliphatic carbocycles. The van der Waals surface area contributed by atoms with Gasteiger partial charge in [0.2, 0.25) is 0 Å². The highest BCUT2D eigenvalue weighted by molar-refractivity contribution is 5.47. The van der Waals surface area contributed by atoms with Crippen LogP contribution in [0.5, 0.6) is 0 Å². The summed E-state index contributed by atoms with van der Waals surface area (Å²) in [7, 11) is 4.15. The molecule has 0 spiro atoms. The van der Waals surface area contributed by atoms with Crippen LogP contribution in [0.4, 0.5) is 5.69 Å². The van der Waals surface area contributed by atoms with Crippen molar-refractivity contribution in [2.45, 2.75) is 19.9 Å². The van der Waals surface area contributed by atoms with Crippen LogP contribution in [0, 0.1) is 6.92 Å². The SMILES string of the molecule is CNCCc1ccccc1CN(C)c1ccc(C)cc1. The summed E-state index contributed by atoms with van der Waals surface area (Å²) in [6.07, 6.45) is 1.08. The van der Waals surface area contributed by atoms with Crippen LogP contribution in [0.25, 0.3) is 0 Å². The van der Waals surface area contributed by atoms with E-state index in [1.165, 1.54) is 22.4 Å². The maximum Gasteiger partial charge on any atom is 0.0428 e.